The third kappa shape index (κ3) is 2.41. The molecule has 0 aliphatic heterocycles. The molecule has 1 aliphatic carbocycles. The van der Waals surface area contributed by atoms with Gasteiger partial charge < -0.3 is 11.1 Å². The molecule has 1 aliphatic rings. The van der Waals surface area contributed by atoms with Crippen LogP contribution >= 0.6 is 11.6 Å². The highest BCUT2D eigenvalue weighted by Gasteiger charge is 2.11. The molecule has 0 amide bonds. The Bertz CT molecular complexity index is 635. The van der Waals surface area contributed by atoms with Gasteiger partial charge in [0.2, 0.25) is 0 Å². The fraction of sp³-hybridized carbons (Fsp3) is 0.250. The average molecular weight is 273 g/mol. The van der Waals surface area contributed by atoms with E-state index in [1.165, 1.54) is 30.4 Å². The lowest BCUT2D eigenvalue weighted by Crippen LogP contribution is -1.96. The number of benzene rings is 2. The largest absolute Gasteiger partial charge is 0.398 e. The van der Waals surface area contributed by atoms with Crippen LogP contribution in [0.1, 0.15) is 23.1 Å². The molecule has 0 atom stereocenters. The van der Waals surface area contributed by atoms with Crippen LogP contribution in [-0.2, 0) is 12.8 Å². The van der Waals surface area contributed by atoms with E-state index in [1.54, 1.807) is 0 Å². The van der Waals surface area contributed by atoms with E-state index >= 15 is 0 Å². The summed E-state index contributed by atoms with van der Waals surface area (Å²) in [4.78, 5) is 0. The second kappa shape index (κ2) is 4.78. The van der Waals surface area contributed by atoms with Crippen LogP contribution in [0.3, 0.4) is 0 Å². The summed E-state index contributed by atoms with van der Waals surface area (Å²) in [5, 5.41) is 4.02. The molecule has 2 aromatic carbocycles. The van der Waals surface area contributed by atoms with Crippen molar-refractivity contribution in [3.63, 3.8) is 0 Å². The van der Waals surface area contributed by atoms with Crippen molar-refractivity contribution >= 4 is 28.7 Å². The Balaban J connectivity index is 1.91. The van der Waals surface area contributed by atoms with Gasteiger partial charge in [0.25, 0.3) is 0 Å². The smallest absolute Gasteiger partial charge is 0.0656 e. The SMILES string of the molecule is Cc1cc(N)c(Cl)cc1Nc1ccc2c(c1)CCC2. The first-order valence-corrected chi connectivity index (χ1v) is 6.96. The van der Waals surface area contributed by atoms with Crippen molar-refractivity contribution in [2.75, 3.05) is 11.1 Å². The monoisotopic (exact) mass is 272 g/mol. The first-order chi connectivity index (χ1) is 9.13. The molecule has 0 radical (unpaired) electrons. The Morgan fingerprint density at radius 3 is 2.74 bits per heavy atom. The molecule has 2 nitrogen and oxygen atoms in total. The molecule has 3 N–H and O–H groups in total. The summed E-state index contributed by atoms with van der Waals surface area (Å²) in [6.07, 6.45) is 3.67. The van der Waals surface area contributed by atoms with Gasteiger partial charge in [-0.1, -0.05) is 17.7 Å². The second-order valence-corrected chi connectivity index (χ2v) is 5.56. The van der Waals surface area contributed by atoms with Crippen LogP contribution in [0.15, 0.2) is 30.3 Å². The van der Waals surface area contributed by atoms with Crippen LogP contribution in [0.2, 0.25) is 5.02 Å². The van der Waals surface area contributed by atoms with Crippen molar-refractivity contribution in [3.05, 3.63) is 52.0 Å². The maximum Gasteiger partial charge on any atom is 0.0656 e. The molecule has 3 heteroatoms. The zero-order chi connectivity index (χ0) is 13.4. The van der Waals surface area contributed by atoms with Crippen LogP contribution in [0.25, 0.3) is 0 Å². The highest BCUT2D eigenvalue weighted by atomic mass is 35.5. The van der Waals surface area contributed by atoms with Crippen molar-refractivity contribution in [2.24, 2.45) is 0 Å². The van der Waals surface area contributed by atoms with Crippen molar-refractivity contribution in [1.29, 1.82) is 0 Å². The average Bonchev–Trinajstić information content (AvgIpc) is 2.83. The molecule has 0 saturated heterocycles. The second-order valence-electron chi connectivity index (χ2n) is 5.15. The van der Waals surface area contributed by atoms with Gasteiger partial charge in [0.1, 0.15) is 0 Å². The number of anilines is 3. The predicted molar refractivity (Wildman–Crippen MR) is 82.4 cm³/mol. The van der Waals surface area contributed by atoms with E-state index < -0.39 is 0 Å². The lowest BCUT2D eigenvalue weighted by molar-refractivity contribution is 0.912. The quantitative estimate of drug-likeness (QED) is 0.792. The van der Waals surface area contributed by atoms with Gasteiger partial charge in [0.15, 0.2) is 0 Å². The topological polar surface area (TPSA) is 38.0 Å². The summed E-state index contributed by atoms with van der Waals surface area (Å²) in [6.45, 7) is 2.03. The first-order valence-electron chi connectivity index (χ1n) is 6.58. The Morgan fingerprint density at radius 1 is 1.11 bits per heavy atom. The van der Waals surface area contributed by atoms with Gasteiger partial charge in [-0.05, 0) is 67.1 Å². The summed E-state index contributed by atoms with van der Waals surface area (Å²) in [5.74, 6) is 0. The maximum atomic E-state index is 6.08. The first kappa shape index (κ1) is 12.4. The number of aryl methyl sites for hydroxylation is 3. The summed E-state index contributed by atoms with van der Waals surface area (Å²) >= 11 is 6.08. The third-order valence-corrected chi connectivity index (χ3v) is 4.05. The summed E-state index contributed by atoms with van der Waals surface area (Å²) in [5.41, 5.74) is 12.6. The van der Waals surface area contributed by atoms with Gasteiger partial charge in [0.05, 0.1) is 10.7 Å². The van der Waals surface area contributed by atoms with Crippen molar-refractivity contribution in [3.8, 4) is 0 Å². The maximum absolute atomic E-state index is 6.08. The van der Waals surface area contributed by atoms with E-state index in [0.29, 0.717) is 10.7 Å². The van der Waals surface area contributed by atoms with E-state index in [0.717, 1.165) is 16.9 Å². The van der Waals surface area contributed by atoms with Crippen LogP contribution in [0.4, 0.5) is 17.1 Å². The Kier molecular flexibility index (Phi) is 3.11. The van der Waals surface area contributed by atoms with Crippen LogP contribution in [0, 0.1) is 6.92 Å². The molecule has 2 aromatic rings. The minimum atomic E-state index is 0.592. The number of nitrogens with one attached hydrogen (secondary N) is 1. The van der Waals surface area contributed by atoms with E-state index in [9.17, 15) is 0 Å². The molecule has 0 saturated carbocycles. The van der Waals surface area contributed by atoms with Crippen LogP contribution in [-0.4, -0.2) is 0 Å². The van der Waals surface area contributed by atoms with Gasteiger partial charge in [-0.15, -0.1) is 0 Å². The fourth-order valence-electron chi connectivity index (χ4n) is 2.64. The molecule has 0 spiro atoms. The summed E-state index contributed by atoms with van der Waals surface area (Å²) in [6, 6.07) is 10.4. The standard InChI is InChI=1S/C16H17ClN2/c1-10-7-15(18)14(17)9-16(10)19-13-6-5-11-3-2-4-12(11)8-13/h5-9,19H,2-4,18H2,1H3. The number of nitrogens with two attached hydrogens (primary N) is 1. The van der Waals surface area contributed by atoms with Crippen LogP contribution < -0.4 is 11.1 Å². The van der Waals surface area contributed by atoms with Gasteiger partial charge in [-0.2, -0.15) is 0 Å². The molecular formula is C16H17ClN2. The molecule has 98 valence electrons. The van der Waals surface area contributed by atoms with E-state index in [2.05, 4.69) is 23.5 Å². The van der Waals surface area contributed by atoms with Crippen molar-refractivity contribution in [1.82, 2.24) is 0 Å². The molecule has 0 aromatic heterocycles. The molecular weight excluding hydrogens is 256 g/mol. The lowest BCUT2D eigenvalue weighted by atomic mass is 10.1. The molecule has 19 heavy (non-hydrogen) atoms. The molecule has 0 bridgehead atoms. The van der Waals surface area contributed by atoms with Crippen LogP contribution in [0.5, 0.6) is 0 Å². The van der Waals surface area contributed by atoms with Crippen molar-refractivity contribution in [2.45, 2.75) is 26.2 Å². The number of hydrogen-bond donors (Lipinski definition) is 2. The number of rotatable bonds is 2. The van der Waals surface area contributed by atoms with Gasteiger partial charge in [-0.3, -0.25) is 0 Å². The van der Waals surface area contributed by atoms with Gasteiger partial charge >= 0.3 is 0 Å². The molecule has 3 rings (SSSR count). The van der Waals surface area contributed by atoms with E-state index in [-0.39, 0.29) is 0 Å². The lowest BCUT2D eigenvalue weighted by Gasteiger charge is -2.12. The Hall–Kier alpha value is -1.67. The highest BCUT2D eigenvalue weighted by Crippen LogP contribution is 2.31. The van der Waals surface area contributed by atoms with Gasteiger partial charge in [-0.25, -0.2) is 0 Å². The molecule has 0 fully saturated rings. The zero-order valence-electron chi connectivity index (χ0n) is 11.0. The summed E-state index contributed by atoms with van der Waals surface area (Å²) < 4.78 is 0. The predicted octanol–water partition coefficient (Wildman–Crippen LogP) is 4.46. The fourth-order valence-corrected chi connectivity index (χ4v) is 2.81. The Morgan fingerprint density at radius 2 is 1.89 bits per heavy atom. The zero-order valence-corrected chi connectivity index (χ0v) is 11.7. The minimum absolute atomic E-state index is 0.592. The number of nitrogen functional groups attached to an aromatic ring is 1. The number of hydrogen-bond acceptors (Lipinski definition) is 2. The number of halogens is 1. The van der Waals surface area contributed by atoms with Crippen molar-refractivity contribution < 1.29 is 0 Å². The molecule has 0 unspecified atom stereocenters. The molecule has 0 heterocycles. The van der Waals surface area contributed by atoms with E-state index in [1.807, 2.05) is 19.1 Å². The Labute approximate surface area is 118 Å². The number of fused-ring (bicyclic) bond motifs is 1. The third-order valence-electron chi connectivity index (χ3n) is 3.72. The normalized spacial score (nSPS) is 13.4. The minimum Gasteiger partial charge on any atom is -0.398 e. The van der Waals surface area contributed by atoms with Gasteiger partial charge in [0, 0.05) is 11.4 Å². The summed E-state index contributed by atoms with van der Waals surface area (Å²) in [7, 11) is 0. The van der Waals surface area contributed by atoms with E-state index in [4.69, 9.17) is 17.3 Å². The highest BCUT2D eigenvalue weighted by molar-refractivity contribution is 6.33.